The number of para-hydroxylation sites is 1. The molecule has 0 atom stereocenters. The van der Waals surface area contributed by atoms with E-state index in [1.165, 1.54) is 16.8 Å². The Labute approximate surface area is 183 Å². The van der Waals surface area contributed by atoms with Gasteiger partial charge in [-0.15, -0.1) is 11.3 Å². The number of anilines is 1. The van der Waals surface area contributed by atoms with Crippen molar-refractivity contribution in [3.05, 3.63) is 83.9 Å². The number of aromatic nitrogens is 1. The second-order valence-electron chi connectivity index (χ2n) is 6.69. The number of benzene rings is 3. The second-order valence-corrected chi connectivity index (χ2v) is 11.0. The Bertz CT molecular complexity index is 1280. The molecule has 0 saturated heterocycles. The number of thiazole rings is 1. The summed E-state index contributed by atoms with van der Waals surface area (Å²) in [5.41, 5.74) is 3.05. The summed E-state index contributed by atoms with van der Waals surface area (Å²) in [6.45, 7) is 0. The minimum Gasteiger partial charge on any atom is -0.322 e. The van der Waals surface area contributed by atoms with Gasteiger partial charge in [0.15, 0.2) is 14.2 Å². The Hall–Kier alpha value is -2.68. The van der Waals surface area contributed by atoms with E-state index in [9.17, 15) is 13.2 Å². The number of nitrogens with zero attached hydrogens (tertiary/aromatic N) is 1. The first kappa shape index (κ1) is 20.6. The average Bonchev–Trinajstić information content (AvgIpc) is 3.15. The first-order valence-corrected chi connectivity index (χ1v) is 12.8. The number of carbonyl (C=O) groups is 1. The zero-order chi connectivity index (χ0) is 21.1. The fraction of sp³-hybridized carbons (Fsp3) is 0.0909. The van der Waals surface area contributed by atoms with Crippen molar-refractivity contribution >= 4 is 54.7 Å². The molecule has 8 heteroatoms. The third kappa shape index (κ3) is 4.89. The smallest absolute Gasteiger partial charge is 0.255 e. The largest absolute Gasteiger partial charge is 0.322 e. The van der Waals surface area contributed by atoms with Gasteiger partial charge >= 0.3 is 0 Å². The number of hydrogen-bond donors (Lipinski definition) is 1. The molecule has 4 aromatic rings. The lowest BCUT2D eigenvalue weighted by Crippen LogP contribution is -2.12. The molecule has 4 rings (SSSR count). The maximum Gasteiger partial charge on any atom is 0.255 e. The van der Waals surface area contributed by atoms with Crippen LogP contribution in [0.5, 0.6) is 0 Å². The van der Waals surface area contributed by atoms with Crippen LogP contribution in [-0.4, -0.2) is 25.6 Å². The Morgan fingerprint density at radius 2 is 1.80 bits per heavy atom. The van der Waals surface area contributed by atoms with Crippen LogP contribution in [0.15, 0.2) is 82.0 Å². The summed E-state index contributed by atoms with van der Waals surface area (Å²) in [5.74, 6) is 0.476. The van der Waals surface area contributed by atoms with Gasteiger partial charge in [-0.3, -0.25) is 4.79 Å². The summed E-state index contributed by atoms with van der Waals surface area (Å²) >= 11 is 3.34. The highest BCUT2D eigenvalue weighted by atomic mass is 32.2. The third-order valence-electron chi connectivity index (χ3n) is 4.37. The molecule has 0 bridgehead atoms. The number of amides is 1. The molecule has 30 heavy (non-hydrogen) atoms. The van der Waals surface area contributed by atoms with Crippen LogP contribution in [0.25, 0.3) is 10.2 Å². The van der Waals surface area contributed by atoms with Gasteiger partial charge in [0.1, 0.15) is 0 Å². The molecule has 0 fully saturated rings. The van der Waals surface area contributed by atoms with Crippen molar-refractivity contribution < 1.29 is 13.2 Å². The highest BCUT2D eigenvalue weighted by Gasteiger charge is 2.11. The lowest BCUT2D eigenvalue weighted by molar-refractivity contribution is 0.102. The van der Waals surface area contributed by atoms with Gasteiger partial charge in [-0.1, -0.05) is 42.1 Å². The van der Waals surface area contributed by atoms with Gasteiger partial charge in [-0.05, 0) is 48.0 Å². The van der Waals surface area contributed by atoms with Crippen LogP contribution in [0.2, 0.25) is 0 Å². The molecule has 0 spiro atoms. The predicted octanol–water partition coefficient (Wildman–Crippen LogP) is 5.24. The topological polar surface area (TPSA) is 76.1 Å². The summed E-state index contributed by atoms with van der Waals surface area (Å²) < 4.78 is 25.5. The average molecular weight is 455 g/mol. The van der Waals surface area contributed by atoms with Crippen molar-refractivity contribution in [3.63, 3.8) is 0 Å². The van der Waals surface area contributed by atoms with E-state index in [-0.39, 0.29) is 10.8 Å². The van der Waals surface area contributed by atoms with Gasteiger partial charge in [0, 0.05) is 23.3 Å². The van der Waals surface area contributed by atoms with E-state index in [1.54, 1.807) is 47.4 Å². The molecule has 1 aromatic heterocycles. The highest BCUT2D eigenvalue weighted by Crippen LogP contribution is 2.31. The number of hydrogen-bond acceptors (Lipinski definition) is 6. The highest BCUT2D eigenvalue weighted by molar-refractivity contribution is 8.00. The SMILES string of the molecule is CS(=O)(=O)c1cccc(NC(=O)c2ccc(CSc3nc4ccccc4s3)cc2)c1. The second kappa shape index (κ2) is 8.59. The van der Waals surface area contributed by atoms with Gasteiger partial charge in [-0.2, -0.15) is 0 Å². The molecule has 152 valence electrons. The fourth-order valence-corrected chi connectivity index (χ4v) is 5.51. The van der Waals surface area contributed by atoms with Crippen molar-refractivity contribution in [2.45, 2.75) is 15.0 Å². The first-order chi connectivity index (χ1) is 14.4. The molecule has 5 nitrogen and oxygen atoms in total. The first-order valence-electron chi connectivity index (χ1n) is 9.07. The van der Waals surface area contributed by atoms with Crippen LogP contribution >= 0.6 is 23.1 Å². The molecule has 0 saturated carbocycles. The van der Waals surface area contributed by atoms with Crippen LogP contribution in [0.3, 0.4) is 0 Å². The summed E-state index contributed by atoms with van der Waals surface area (Å²) in [5, 5.41) is 2.75. The molecule has 0 aliphatic heterocycles. The number of rotatable bonds is 6. The predicted molar refractivity (Wildman–Crippen MR) is 123 cm³/mol. The number of sulfone groups is 1. The number of carbonyl (C=O) groups excluding carboxylic acids is 1. The molecule has 1 amide bonds. The zero-order valence-corrected chi connectivity index (χ0v) is 18.5. The molecule has 0 unspecified atom stereocenters. The van der Waals surface area contributed by atoms with E-state index in [2.05, 4.69) is 16.4 Å². The number of thioether (sulfide) groups is 1. The van der Waals surface area contributed by atoms with E-state index >= 15 is 0 Å². The van der Waals surface area contributed by atoms with Crippen LogP contribution in [0.4, 0.5) is 5.69 Å². The quantitative estimate of drug-likeness (QED) is 0.403. The summed E-state index contributed by atoms with van der Waals surface area (Å²) in [7, 11) is -3.33. The molecule has 0 aliphatic rings. The van der Waals surface area contributed by atoms with E-state index in [0.717, 1.165) is 27.4 Å². The van der Waals surface area contributed by atoms with Gasteiger partial charge in [0.05, 0.1) is 15.1 Å². The van der Waals surface area contributed by atoms with Crippen LogP contribution in [0, 0.1) is 0 Å². The van der Waals surface area contributed by atoms with E-state index in [4.69, 9.17) is 0 Å². The maximum atomic E-state index is 12.5. The Balaban J connectivity index is 1.39. The van der Waals surface area contributed by atoms with Crippen LogP contribution in [0.1, 0.15) is 15.9 Å². The Morgan fingerprint density at radius 1 is 1.03 bits per heavy atom. The van der Waals surface area contributed by atoms with Crippen molar-refractivity contribution in [1.29, 1.82) is 0 Å². The number of fused-ring (bicyclic) bond motifs is 1. The number of nitrogens with one attached hydrogen (secondary N) is 1. The fourth-order valence-electron chi connectivity index (χ4n) is 2.82. The molecule has 1 N–H and O–H groups in total. The molecular formula is C22H18N2O3S3. The van der Waals surface area contributed by atoms with Crippen molar-refractivity contribution in [2.75, 3.05) is 11.6 Å². The summed E-state index contributed by atoms with van der Waals surface area (Å²) in [6, 6.07) is 21.7. The lowest BCUT2D eigenvalue weighted by atomic mass is 10.1. The normalized spacial score (nSPS) is 11.5. The Kier molecular flexibility index (Phi) is 5.90. The molecule has 1 heterocycles. The maximum absolute atomic E-state index is 12.5. The van der Waals surface area contributed by atoms with Gasteiger partial charge < -0.3 is 5.32 Å². The van der Waals surface area contributed by atoms with Crippen LogP contribution < -0.4 is 5.32 Å². The van der Waals surface area contributed by atoms with E-state index in [1.807, 2.05) is 30.3 Å². The van der Waals surface area contributed by atoms with Gasteiger partial charge in [0.25, 0.3) is 5.91 Å². The monoisotopic (exact) mass is 454 g/mol. The molecular weight excluding hydrogens is 436 g/mol. The minimum atomic E-state index is -3.33. The minimum absolute atomic E-state index is 0.169. The Morgan fingerprint density at radius 3 is 2.53 bits per heavy atom. The zero-order valence-electron chi connectivity index (χ0n) is 16.0. The van der Waals surface area contributed by atoms with Gasteiger partial charge in [-0.25, -0.2) is 13.4 Å². The third-order valence-corrected chi connectivity index (χ3v) is 7.73. The van der Waals surface area contributed by atoms with E-state index in [0.29, 0.717) is 11.3 Å². The molecule has 0 radical (unpaired) electrons. The molecule has 3 aromatic carbocycles. The lowest BCUT2D eigenvalue weighted by Gasteiger charge is -2.07. The van der Waals surface area contributed by atoms with Crippen molar-refractivity contribution in [1.82, 2.24) is 4.98 Å². The summed E-state index contributed by atoms with van der Waals surface area (Å²) in [6.07, 6.45) is 1.14. The van der Waals surface area contributed by atoms with Crippen molar-refractivity contribution in [2.24, 2.45) is 0 Å². The standard InChI is InChI=1S/C22H18N2O3S3/c1-30(26,27)18-6-4-5-17(13-18)23-21(25)16-11-9-15(10-12-16)14-28-22-24-19-7-2-3-8-20(19)29-22/h2-13H,14H2,1H3,(H,23,25). The summed E-state index contributed by atoms with van der Waals surface area (Å²) in [4.78, 5) is 17.3. The molecule has 0 aliphatic carbocycles. The van der Waals surface area contributed by atoms with Crippen LogP contribution in [-0.2, 0) is 15.6 Å². The van der Waals surface area contributed by atoms with E-state index < -0.39 is 9.84 Å². The van der Waals surface area contributed by atoms with Gasteiger partial charge in [0.2, 0.25) is 0 Å². The van der Waals surface area contributed by atoms with Crippen molar-refractivity contribution in [3.8, 4) is 0 Å².